The van der Waals surface area contributed by atoms with Crippen molar-refractivity contribution < 1.29 is 9.53 Å². The van der Waals surface area contributed by atoms with Gasteiger partial charge in [-0.3, -0.25) is 4.79 Å². The van der Waals surface area contributed by atoms with Gasteiger partial charge in [-0.25, -0.2) is 0 Å². The van der Waals surface area contributed by atoms with E-state index < -0.39 is 6.10 Å². The van der Waals surface area contributed by atoms with Gasteiger partial charge in [0, 0.05) is 23.4 Å². The van der Waals surface area contributed by atoms with Crippen molar-refractivity contribution in [3.8, 4) is 0 Å². The Morgan fingerprint density at radius 3 is 2.87 bits per heavy atom. The number of nitrogens with one attached hydrogen (secondary N) is 1. The lowest BCUT2D eigenvalue weighted by Gasteiger charge is -2.12. The SMILES string of the molecule is COC(CN)C(=O)NCc1ccc(C)s1. The first-order valence-electron chi connectivity index (χ1n) is 4.73. The number of nitrogens with two attached hydrogens (primary N) is 1. The number of aryl methyl sites for hydroxylation is 1. The van der Waals surface area contributed by atoms with Crippen LogP contribution in [0.2, 0.25) is 0 Å². The zero-order valence-corrected chi connectivity index (χ0v) is 9.76. The summed E-state index contributed by atoms with van der Waals surface area (Å²) in [5.74, 6) is -0.161. The molecular weight excluding hydrogens is 212 g/mol. The maximum Gasteiger partial charge on any atom is 0.250 e. The summed E-state index contributed by atoms with van der Waals surface area (Å²) in [7, 11) is 1.48. The largest absolute Gasteiger partial charge is 0.370 e. The number of amides is 1. The molecule has 3 N–H and O–H groups in total. The molecule has 0 saturated carbocycles. The van der Waals surface area contributed by atoms with Crippen LogP contribution < -0.4 is 11.1 Å². The van der Waals surface area contributed by atoms with Crippen LogP contribution in [0.1, 0.15) is 9.75 Å². The first-order chi connectivity index (χ1) is 7.17. The van der Waals surface area contributed by atoms with Gasteiger partial charge in [0.2, 0.25) is 0 Å². The van der Waals surface area contributed by atoms with Crippen molar-refractivity contribution in [2.24, 2.45) is 5.73 Å². The second-order valence-corrected chi connectivity index (χ2v) is 4.56. The summed E-state index contributed by atoms with van der Waals surface area (Å²) < 4.78 is 4.92. The van der Waals surface area contributed by atoms with Crippen molar-refractivity contribution >= 4 is 17.2 Å². The van der Waals surface area contributed by atoms with E-state index in [1.165, 1.54) is 12.0 Å². The van der Waals surface area contributed by atoms with Gasteiger partial charge in [0.1, 0.15) is 6.10 Å². The van der Waals surface area contributed by atoms with Crippen molar-refractivity contribution in [2.45, 2.75) is 19.6 Å². The lowest BCUT2D eigenvalue weighted by atomic mass is 10.3. The lowest BCUT2D eigenvalue weighted by Crippen LogP contribution is -2.40. The van der Waals surface area contributed by atoms with Crippen molar-refractivity contribution in [3.05, 3.63) is 21.9 Å². The van der Waals surface area contributed by atoms with Crippen LogP contribution in [-0.2, 0) is 16.1 Å². The molecule has 1 heterocycles. The van der Waals surface area contributed by atoms with Gasteiger partial charge in [-0.1, -0.05) is 0 Å². The fraction of sp³-hybridized carbons (Fsp3) is 0.500. The maximum atomic E-state index is 11.5. The summed E-state index contributed by atoms with van der Waals surface area (Å²) in [6, 6.07) is 4.04. The van der Waals surface area contributed by atoms with E-state index in [0.29, 0.717) is 6.54 Å². The Labute approximate surface area is 93.4 Å². The van der Waals surface area contributed by atoms with E-state index in [1.807, 2.05) is 19.1 Å². The molecule has 1 aromatic heterocycles. The third-order valence-corrected chi connectivity index (χ3v) is 3.02. The van der Waals surface area contributed by atoms with E-state index >= 15 is 0 Å². The molecule has 4 nitrogen and oxygen atoms in total. The number of hydrogen-bond donors (Lipinski definition) is 2. The summed E-state index contributed by atoms with van der Waals surface area (Å²) in [4.78, 5) is 13.8. The number of ether oxygens (including phenoxy) is 1. The molecule has 0 bridgehead atoms. The van der Waals surface area contributed by atoms with E-state index in [9.17, 15) is 4.79 Å². The van der Waals surface area contributed by atoms with Gasteiger partial charge >= 0.3 is 0 Å². The Balaban J connectivity index is 2.40. The van der Waals surface area contributed by atoms with Gasteiger partial charge in [0.05, 0.1) is 6.54 Å². The van der Waals surface area contributed by atoms with E-state index in [2.05, 4.69) is 5.32 Å². The van der Waals surface area contributed by atoms with Gasteiger partial charge in [-0.15, -0.1) is 11.3 Å². The van der Waals surface area contributed by atoms with E-state index in [-0.39, 0.29) is 12.5 Å². The fourth-order valence-electron chi connectivity index (χ4n) is 1.18. The molecule has 1 amide bonds. The van der Waals surface area contributed by atoms with Crippen LogP contribution in [0.3, 0.4) is 0 Å². The van der Waals surface area contributed by atoms with Gasteiger partial charge in [0.15, 0.2) is 0 Å². The van der Waals surface area contributed by atoms with Crippen molar-refractivity contribution in [1.29, 1.82) is 0 Å². The highest BCUT2D eigenvalue weighted by molar-refractivity contribution is 7.11. The second-order valence-electron chi connectivity index (χ2n) is 3.19. The van der Waals surface area contributed by atoms with E-state index in [4.69, 9.17) is 10.5 Å². The van der Waals surface area contributed by atoms with Crippen LogP contribution in [0.4, 0.5) is 0 Å². The number of methoxy groups -OCH3 is 1. The molecule has 15 heavy (non-hydrogen) atoms. The molecule has 0 aliphatic carbocycles. The number of carbonyl (C=O) groups is 1. The second kappa shape index (κ2) is 5.85. The van der Waals surface area contributed by atoms with Gasteiger partial charge < -0.3 is 15.8 Å². The van der Waals surface area contributed by atoms with Crippen molar-refractivity contribution in [3.63, 3.8) is 0 Å². The molecule has 1 atom stereocenters. The monoisotopic (exact) mass is 228 g/mol. The summed E-state index contributed by atoms with van der Waals surface area (Å²) in [5, 5.41) is 2.78. The summed E-state index contributed by atoms with van der Waals surface area (Å²) in [6.45, 7) is 2.77. The molecule has 0 spiro atoms. The first kappa shape index (κ1) is 12.2. The molecule has 1 rings (SSSR count). The fourth-order valence-corrected chi connectivity index (χ4v) is 2.01. The highest BCUT2D eigenvalue weighted by Gasteiger charge is 2.14. The highest BCUT2D eigenvalue weighted by atomic mass is 32.1. The average Bonchev–Trinajstić information content (AvgIpc) is 2.63. The number of hydrogen-bond acceptors (Lipinski definition) is 4. The molecule has 1 aromatic rings. The summed E-state index contributed by atoms with van der Waals surface area (Å²) in [6.07, 6.45) is -0.550. The third kappa shape index (κ3) is 3.62. The minimum Gasteiger partial charge on any atom is -0.370 e. The topological polar surface area (TPSA) is 64.3 Å². The molecule has 0 aliphatic heterocycles. The molecule has 0 aliphatic rings. The smallest absolute Gasteiger partial charge is 0.250 e. The number of carbonyl (C=O) groups excluding carboxylic acids is 1. The summed E-state index contributed by atoms with van der Waals surface area (Å²) >= 11 is 1.67. The minimum atomic E-state index is -0.550. The van der Waals surface area contributed by atoms with Crippen LogP contribution in [0.5, 0.6) is 0 Å². The predicted octanol–water partition coefficient (Wildman–Crippen LogP) is 0.646. The highest BCUT2D eigenvalue weighted by Crippen LogP contribution is 2.14. The molecule has 0 fully saturated rings. The standard InChI is InChI=1S/C10H16N2O2S/c1-7-3-4-8(15-7)6-12-10(13)9(5-11)14-2/h3-4,9H,5-6,11H2,1-2H3,(H,12,13). The van der Waals surface area contributed by atoms with Crippen LogP contribution in [0.15, 0.2) is 12.1 Å². The van der Waals surface area contributed by atoms with Crippen LogP contribution in [0, 0.1) is 6.92 Å². The molecule has 0 saturated heterocycles. The molecule has 0 aromatic carbocycles. The van der Waals surface area contributed by atoms with Crippen molar-refractivity contribution in [1.82, 2.24) is 5.32 Å². The third-order valence-electron chi connectivity index (χ3n) is 2.02. The first-order valence-corrected chi connectivity index (χ1v) is 5.55. The van der Waals surface area contributed by atoms with Gasteiger partial charge in [-0.2, -0.15) is 0 Å². The molecule has 5 heteroatoms. The van der Waals surface area contributed by atoms with E-state index in [0.717, 1.165) is 4.88 Å². The Morgan fingerprint density at radius 2 is 2.40 bits per heavy atom. The van der Waals surface area contributed by atoms with Crippen molar-refractivity contribution in [2.75, 3.05) is 13.7 Å². The Hall–Kier alpha value is -0.910. The Bertz CT molecular complexity index is 321. The zero-order chi connectivity index (χ0) is 11.3. The van der Waals surface area contributed by atoms with Crippen LogP contribution in [-0.4, -0.2) is 25.7 Å². The lowest BCUT2D eigenvalue weighted by molar-refractivity contribution is -0.130. The van der Waals surface area contributed by atoms with Gasteiger partial charge in [-0.05, 0) is 19.1 Å². The Morgan fingerprint density at radius 1 is 1.67 bits per heavy atom. The Kier molecular flexibility index (Phi) is 4.74. The van der Waals surface area contributed by atoms with Crippen LogP contribution in [0.25, 0.3) is 0 Å². The normalized spacial score (nSPS) is 12.5. The van der Waals surface area contributed by atoms with Crippen LogP contribution >= 0.6 is 11.3 Å². The molecule has 84 valence electrons. The quantitative estimate of drug-likeness (QED) is 0.777. The zero-order valence-electron chi connectivity index (χ0n) is 8.95. The average molecular weight is 228 g/mol. The van der Waals surface area contributed by atoms with E-state index in [1.54, 1.807) is 11.3 Å². The van der Waals surface area contributed by atoms with Gasteiger partial charge in [0.25, 0.3) is 5.91 Å². The molecule has 0 radical (unpaired) electrons. The molecular formula is C10H16N2O2S. The summed E-state index contributed by atoms with van der Waals surface area (Å²) in [5.41, 5.74) is 5.37. The predicted molar refractivity (Wildman–Crippen MR) is 60.8 cm³/mol. The number of rotatable bonds is 5. The molecule has 1 unspecified atom stereocenters. The maximum absolute atomic E-state index is 11.5. The number of thiophene rings is 1. The minimum absolute atomic E-state index is 0.161.